The summed E-state index contributed by atoms with van der Waals surface area (Å²) >= 11 is 0. The largest absolute Gasteiger partial charge is 0.381 e. The molecule has 0 aromatic rings. The molecule has 0 amide bonds. The van der Waals surface area contributed by atoms with Gasteiger partial charge in [0.05, 0.1) is 6.10 Å². The van der Waals surface area contributed by atoms with Crippen LogP contribution in [0.1, 0.15) is 25.7 Å². The lowest BCUT2D eigenvalue weighted by Gasteiger charge is -2.46. The number of likely N-dealkylation sites (tertiary alicyclic amines) is 1. The minimum atomic E-state index is 0.539. The molecule has 0 radical (unpaired) electrons. The minimum Gasteiger partial charge on any atom is -0.381 e. The fourth-order valence-electron chi connectivity index (χ4n) is 3.95. The molecule has 2 heterocycles. The zero-order valence-electron chi connectivity index (χ0n) is 13.3. The monoisotopic (exact) mass is 281 g/mol. The summed E-state index contributed by atoms with van der Waals surface area (Å²) in [7, 11) is 4.10. The Labute approximate surface area is 124 Å². The molecule has 2 saturated heterocycles. The van der Waals surface area contributed by atoms with Crippen LogP contribution in [0.15, 0.2) is 0 Å². The van der Waals surface area contributed by atoms with Crippen LogP contribution in [0.4, 0.5) is 0 Å². The first-order valence-electron chi connectivity index (χ1n) is 8.42. The highest BCUT2D eigenvalue weighted by atomic mass is 16.5. The number of methoxy groups -OCH3 is 1. The van der Waals surface area contributed by atoms with E-state index in [9.17, 15) is 0 Å². The van der Waals surface area contributed by atoms with E-state index in [4.69, 9.17) is 4.74 Å². The fraction of sp³-hybridized carbons (Fsp3) is 1.00. The topological polar surface area (TPSA) is 19.0 Å². The maximum Gasteiger partial charge on any atom is 0.0601 e. The Morgan fingerprint density at radius 3 is 2.20 bits per heavy atom. The smallest absolute Gasteiger partial charge is 0.0601 e. The molecule has 1 saturated carbocycles. The second-order valence-corrected chi connectivity index (χ2v) is 7.07. The first-order valence-corrected chi connectivity index (χ1v) is 8.42. The number of hydrogen-bond acceptors (Lipinski definition) is 4. The Morgan fingerprint density at radius 2 is 1.60 bits per heavy atom. The highest BCUT2D eigenvalue weighted by Gasteiger charge is 2.35. The average Bonchev–Trinajstić information content (AvgIpc) is 2.42. The van der Waals surface area contributed by atoms with Crippen molar-refractivity contribution in [1.29, 1.82) is 0 Å². The van der Waals surface area contributed by atoms with E-state index in [1.54, 1.807) is 0 Å². The molecule has 0 aromatic carbocycles. The van der Waals surface area contributed by atoms with Gasteiger partial charge >= 0.3 is 0 Å². The fourth-order valence-corrected chi connectivity index (χ4v) is 3.95. The van der Waals surface area contributed by atoms with E-state index in [1.807, 2.05) is 7.11 Å². The molecule has 0 aromatic heterocycles. The molecule has 4 heteroatoms. The third-order valence-corrected chi connectivity index (χ3v) is 5.68. The van der Waals surface area contributed by atoms with Crippen molar-refractivity contribution < 1.29 is 4.74 Å². The number of hydrogen-bond donors (Lipinski definition) is 0. The zero-order valence-corrected chi connectivity index (χ0v) is 13.3. The highest BCUT2D eigenvalue weighted by molar-refractivity contribution is 4.90. The zero-order chi connectivity index (χ0) is 13.9. The number of piperidine rings is 1. The van der Waals surface area contributed by atoms with Crippen molar-refractivity contribution in [2.24, 2.45) is 5.92 Å². The second kappa shape index (κ2) is 6.73. The van der Waals surface area contributed by atoms with Crippen molar-refractivity contribution in [2.45, 2.75) is 37.8 Å². The normalized spacial score (nSPS) is 35.1. The lowest BCUT2D eigenvalue weighted by atomic mass is 9.87. The number of rotatable bonds is 4. The van der Waals surface area contributed by atoms with E-state index in [0.717, 1.165) is 12.0 Å². The third-order valence-electron chi connectivity index (χ3n) is 5.68. The van der Waals surface area contributed by atoms with Crippen LogP contribution in [0, 0.1) is 5.92 Å². The van der Waals surface area contributed by atoms with Gasteiger partial charge in [-0.05, 0) is 51.7 Å². The first kappa shape index (κ1) is 14.8. The third kappa shape index (κ3) is 3.53. The van der Waals surface area contributed by atoms with Crippen LogP contribution in [0.5, 0.6) is 0 Å². The van der Waals surface area contributed by atoms with Gasteiger partial charge in [0.25, 0.3) is 0 Å². The summed E-state index contributed by atoms with van der Waals surface area (Å²) in [5.41, 5.74) is 0. The van der Waals surface area contributed by atoms with Crippen LogP contribution < -0.4 is 0 Å². The van der Waals surface area contributed by atoms with Crippen molar-refractivity contribution in [3.05, 3.63) is 0 Å². The predicted octanol–water partition coefficient (Wildman–Crippen LogP) is 1.12. The van der Waals surface area contributed by atoms with Crippen molar-refractivity contribution in [3.8, 4) is 0 Å². The average molecular weight is 281 g/mol. The van der Waals surface area contributed by atoms with Crippen LogP contribution in [0.2, 0.25) is 0 Å². The van der Waals surface area contributed by atoms with Crippen molar-refractivity contribution >= 4 is 0 Å². The molecular weight excluding hydrogens is 250 g/mol. The molecule has 0 N–H and O–H groups in total. The summed E-state index contributed by atoms with van der Waals surface area (Å²) in [4.78, 5) is 7.87. The number of ether oxygens (including phenoxy) is 1. The summed E-state index contributed by atoms with van der Waals surface area (Å²) in [5, 5.41) is 0. The van der Waals surface area contributed by atoms with Crippen LogP contribution >= 0.6 is 0 Å². The quantitative estimate of drug-likeness (QED) is 0.769. The molecule has 0 bridgehead atoms. The first-order chi connectivity index (χ1) is 9.74. The maximum absolute atomic E-state index is 5.40. The second-order valence-electron chi connectivity index (χ2n) is 7.07. The SMILES string of the molecule is CO[C@H]1C[C@H](N2CCN(CC3CCN(C)CC3)CC2)C1. The Balaban J connectivity index is 1.34. The molecule has 0 spiro atoms. The van der Waals surface area contributed by atoms with Gasteiger partial charge in [0.2, 0.25) is 0 Å². The number of nitrogens with zero attached hydrogens (tertiary/aromatic N) is 3. The van der Waals surface area contributed by atoms with Crippen LogP contribution in [0.25, 0.3) is 0 Å². The van der Waals surface area contributed by atoms with Gasteiger partial charge in [0.15, 0.2) is 0 Å². The van der Waals surface area contributed by atoms with E-state index < -0.39 is 0 Å². The van der Waals surface area contributed by atoms with Gasteiger partial charge in [-0.2, -0.15) is 0 Å². The van der Waals surface area contributed by atoms with E-state index in [-0.39, 0.29) is 0 Å². The summed E-state index contributed by atoms with van der Waals surface area (Å²) in [6.07, 6.45) is 5.85. The Kier molecular flexibility index (Phi) is 4.97. The molecule has 3 rings (SSSR count). The molecule has 3 fully saturated rings. The lowest BCUT2D eigenvalue weighted by molar-refractivity contribution is -0.0417. The van der Waals surface area contributed by atoms with E-state index in [1.165, 1.54) is 71.5 Å². The molecule has 0 atom stereocenters. The van der Waals surface area contributed by atoms with Gasteiger partial charge in [0.1, 0.15) is 0 Å². The van der Waals surface area contributed by atoms with Crippen LogP contribution in [-0.2, 0) is 4.74 Å². The summed E-state index contributed by atoms with van der Waals surface area (Å²) in [6, 6.07) is 0.811. The van der Waals surface area contributed by atoms with Gasteiger partial charge < -0.3 is 14.5 Å². The molecular formula is C16H31N3O. The van der Waals surface area contributed by atoms with Crippen molar-refractivity contribution in [3.63, 3.8) is 0 Å². The van der Waals surface area contributed by atoms with Crippen LogP contribution in [0.3, 0.4) is 0 Å². The molecule has 1 aliphatic carbocycles. The van der Waals surface area contributed by atoms with Crippen molar-refractivity contribution in [2.75, 3.05) is 60.0 Å². The van der Waals surface area contributed by atoms with Gasteiger partial charge in [-0.25, -0.2) is 0 Å². The maximum atomic E-state index is 5.40. The van der Waals surface area contributed by atoms with Gasteiger partial charge in [0, 0.05) is 45.9 Å². The van der Waals surface area contributed by atoms with Gasteiger partial charge in [-0.3, -0.25) is 4.90 Å². The Morgan fingerprint density at radius 1 is 0.950 bits per heavy atom. The Hall–Kier alpha value is -0.160. The Bertz CT molecular complexity index is 290. The molecule has 0 unspecified atom stereocenters. The standard InChI is InChI=1S/C16H31N3O/c1-17-5-3-14(4-6-17)13-18-7-9-19(10-8-18)15-11-16(12-15)20-2/h14-16H,3-13H2,1-2H3/t15-,16-. The summed E-state index contributed by atoms with van der Waals surface area (Å²) in [6.45, 7) is 9.03. The van der Waals surface area contributed by atoms with Gasteiger partial charge in [-0.15, -0.1) is 0 Å². The van der Waals surface area contributed by atoms with Crippen molar-refractivity contribution in [1.82, 2.24) is 14.7 Å². The van der Waals surface area contributed by atoms with Crippen LogP contribution in [-0.4, -0.2) is 86.8 Å². The molecule has 116 valence electrons. The molecule has 20 heavy (non-hydrogen) atoms. The molecule has 3 aliphatic rings. The summed E-state index contributed by atoms with van der Waals surface area (Å²) in [5.74, 6) is 0.944. The van der Waals surface area contributed by atoms with E-state index in [2.05, 4.69) is 21.7 Å². The van der Waals surface area contributed by atoms with Gasteiger partial charge in [-0.1, -0.05) is 0 Å². The minimum absolute atomic E-state index is 0.539. The van der Waals surface area contributed by atoms with E-state index >= 15 is 0 Å². The summed E-state index contributed by atoms with van der Waals surface area (Å²) < 4.78 is 5.40. The molecule has 2 aliphatic heterocycles. The highest BCUT2D eigenvalue weighted by Crippen LogP contribution is 2.28. The number of piperazine rings is 1. The lowest BCUT2D eigenvalue weighted by Crippen LogP contribution is -2.56. The van der Waals surface area contributed by atoms with E-state index in [0.29, 0.717) is 6.10 Å². The predicted molar refractivity (Wildman–Crippen MR) is 82.1 cm³/mol. The molecule has 4 nitrogen and oxygen atoms in total.